The van der Waals surface area contributed by atoms with Crippen molar-refractivity contribution >= 4 is 11.8 Å². The van der Waals surface area contributed by atoms with Crippen molar-refractivity contribution in [3.63, 3.8) is 0 Å². The van der Waals surface area contributed by atoms with Crippen molar-refractivity contribution in [3.8, 4) is 0 Å². The minimum Gasteiger partial charge on any atom is -0.448 e. The van der Waals surface area contributed by atoms with E-state index in [1.165, 1.54) is 6.92 Å². The summed E-state index contributed by atoms with van der Waals surface area (Å²) in [6, 6.07) is 0. The standard InChI is InChI=1S/C12H17F3N2O3/c1-2-20-10(18)17-11(19,12(13,14)15)8-6-4-3-5-7-9(8)16-17/h8,19H,2-7H2,1H3. The van der Waals surface area contributed by atoms with Crippen molar-refractivity contribution in [2.45, 2.75) is 50.9 Å². The molecule has 2 atom stereocenters. The topological polar surface area (TPSA) is 62.1 Å². The quantitative estimate of drug-likeness (QED) is 0.808. The van der Waals surface area contributed by atoms with Crippen LogP contribution in [0.4, 0.5) is 18.0 Å². The van der Waals surface area contributed by atoms with Crippen LogP contribution >= 0.6 is 0 Å². The van der Waals surface area contributed by atoms with Gasteiger partial charge in [-0.2, -0.15) is 23.3 Å². The van der Waals surface area contributed by atoms with Gasteiger partial charge >= 0.3 is 12.3 Å². The van der Waals surface area contributed by atoms with Crippen LogP contribution in [-0.2, 0) is 4.74 Å². The summed E-state index contributed by atoms with van der Waals surface area (Å²) >= 11 is 0. The molecule has 2 unspecified atom stereocenters. The summed E-state index contributed by atoms with van der Waals surface area (Å²) in [5.74, 6) is -1.20. The van der Waals surface area contributed by atoms with E-state index in [1.54, 1.807) is 0 Å². The summed E-state index contributed by atoms with van der Waals surface area (Å²) in [5.41, 5.74) is -3.06. The second-order valence-electron chi connectivity index (χ2n) is 4.98. The number of hydrogen-bond acceptors (Lipinski definition) is 4. The van der Waals surface area contributed by atoms with Crippen molar-refractivity contribution in [1.29, 1.82) is 0 Å². The maximum absolute atomic E-state index is 13.3. The van der Waals surface area contributed by atoms with Gasteiger partial charge in [-0.3, -0.25) is 0 Å². The monoisotopic (exact) mass is 294 g/mol. The highest BCUT2D eigenvalue weighted by Gasteiger charge is 2.68. The molecule has 1 heterocycles. The second kappa shape index (κ2) is 5.23. The minimum atomic E-state index is -4.99. The molecule has 114 valence electrons. The third kappa shape index (κ3) is 2.25. The van der Waals surface area contributed by atoms with Gasteiger partial charge < -0.3 is 9.84 Å². The summed E-state index contributed by atoms with van der Waals surface area (Å²) in [7, 11) is 0. The Morgan fingerprint density at radius 2 is 2.20 bits per heavy atom. The average molecular weight is 294 g/mol. The number of rotatable bonds is 1. The number of ether oxygens (including phenoxy) is 1. The zero-order valence-electron chi connectivity index (χ0n) is 11.1. The number of hydrogen-bond donors (Lipinski definition) is 1. The molecule has 2 rings (SSSR count). The highest BCUT2D eigenvalue weighted by atomic mass is 19.4. The molecule has 2 aliphatic rings. The Balaban J connectivity index is 2.40. The summed E-state index contributed by atoms with van der Waals surface area (Å²) in [5, 5.41) is 14.0. The predicted octanol–water partition coefficient (Wildman–Crippen LogP) is 2.65. The average Bonchev–Trinajstić information content (AvgIpc) is 2.51. The molecule has 1 saturated carbocycles. The van der Waals surface area contributed by atoms with Gasteiger partial charge in [0.2, 0.25) is 0 Å². The largest absolute Gasteiger partial charge is 0.448 e. The molecule has 5 nitrogen and oxygen atoms in total. The molecule has 0 saturated heterocycles. The van der Waals surface area contributed by atoms with Crippen LogP contribution in [0.15, 0.2) is 5.10 Å². The van der Waals surface area contributed by atoms with Crippen LogP contribution < -0.4 is 0 Å². The number of fused-ring (bicyclic) bond motifs is 1. The zero-order valence-corrected chi connectivity index (χ0v) is 11.1. The number of nitrogens with zero attached hydrogens (tertiary/aromatic N) is 2. The number of halogens is 3. The SMILES string of the molecule is CCOC(=O)N1N=C2CCCCCC2C1(O)C(F)(F)F. The van der Waals surface area contributed by atoms with Crippen molar-refractivity contribution in [2.75, 3.05) is 6.61 Å². The van der Waals surface area contributed by atoms with Crippen LogP contribution in [0.3, 0.4) is 0 Å². The summed E-state index contributed by atoms with van der Waals surface area (Å²) in [4.78, 5) is 11.7. The molecule has 0 aromatic rings. The van der Waals surface area contributed by atoms with E-state index >= 15 is 0 Å². The van der Waals surface area contributed by atoms with E-state index in [4.69, 9.17) is 0 Å². The van der Waals surface area contributed by atoms with Gasteiger partial charge in [-0.25, -0.2) is 4.79 Å². The normalized spacial score (nSPS) is 30.6. The molecular weight excluding hydrogens is 277 g/mol. The van der Waals surface area contributed by atoms with Crippen LogP contribution in [0.5, 0.6) is 0 Å². The molecule has 0 aromatic heterocycles. The highest BCUT2D eigenvalue weighted by Crippen LogP contribution is 2.47. The van der Waals surface area contributed by atoms with E-state index in [1.807, 2.05) is 0 Å². The lowest BCUT2D eigenvalue weighted by molar-refractivity contribution is -0.314. The summed E-state index contributed by atoms with van der Waals surface area (Å²) < 4.78 is 44.6. The Morgan fingerprint density at radius 1 is 1.50 bits per heavy atom. The smallest absolute Gasteiger partial charge is 0.439 e. The van der Waals surface area contributed by atoms with Crippen LogP contribution in [0.1, 0.15) is 39.0 Å². The predicted molar refractivity (Wildman–Crippen MR) is 63.9 cm³/mol. The van der Waals surface area contributed by atoms with Gasteiger partial charge in [0.25, 0.3) is 5.72 Å². The van der Waals surface area contributed by atoms with Gasteiger partial charge in [0, 0.05) is 5.71 Å². The summed E-state index contributed by atoms with van der Waals surface area (Å²) in [6.07, 6.45) is -3.67. The van der Waals surface area contributed by atoms with Gasteiger partial charge in [0.1, 0.15) is 0 Å². The summed E-state index contributed by atoms with van der Waals surface area (Å²) in [6.45, 7) is 1.39. The number of carbonyl (C=O) groups is 1. The first-order chi connectivity index (χ1) is 9.32. The van der Waals surface area contributed by atoms with Crippen molar-refractivity contribution in [3.05, 3.63) is 0 Å². The number of amides is 1. The van der Waals surface area contributed by atoms with E-state index in [0.29, 0.717) is 19.3 Å². The highest BCUT2D eigenvalue weighted by molar-refractivity contribution is 5.91. The number of hydrazone groups is 1. The van der Waals surface area contributed by atoms with Crippen LogP contribution in [-0.4, -0.2) is 40.4 Å². The third-order valence-corrected chi connectivity index (χ3v) is 3.72. The molecule has 0 radical (unpaired) electrons. The lowest BCUT2D eigenvalue weighted by Crippen LogP contribution is -2.61. The molecule has 8 heteroatoms. The van der Waals surface area contributed by atoms with E-state index in [2.05, 4.69) is 9.84 Å². The lowest BCUT2D eigenvalue weighted by Gasteiger charge is -2.36. The van der Waals surface area contributed by atoms with E-state index < -0.39 is 23.9 Å². The molecule has 1 fully saturated rings. The van der Waals surface area contributed by atoms with Crippen LogP contribution in [0, 0.1) is 5.92 Å². The molecule has 20 heavy (non-hydrogen) atoms. The number of alkyl halides is 3. The van der Waals surface area contributed by atoms with Crippen molar-refractivity contribution < 1.29 is 27.8 Å². The van der Waals surface area contributed by atoms with E-state index in [9.17, 15) is 23.1 Å². The molecular formula is C12H17F3N2O3. The second-order valence-corrected chi connectivity index (χ2v) is 4.98. The molecule has 1 amide bonds. The van der Waals surface area contributed by atoms with Crippen molar-refractivity contribution in [2.24, 2.45) is 11.0 Å². The Morgan fingerprint density at radius 3 is 2.80 bits per heavy atom. The Bertz CT molecular complexity index is 425. The van der Waals surface area contributed by atoms with Gasteiger partial charge in [-0.15, -0.1) is 0 Å². The lowest BCUT2D eigenvalue weighted by atomic mass is 9.87. The fourth-order valence-electron chi connectivity index (χ4n) is 2.76. The molecule has 1 aliphatic heterocycles. The maximum atomic E-state index is 13.3. The Labute approximate surface area is 114 Å². The first kappa shape index (κ1) is 15.1. The third-order valence-electron chi connectivity index (χ3n) is 3.72. The maximum Gasteiger partial charge on any atom is 0.439 e. The fourth-order valence-corrected chi connectivity index (χ4v) is 2.76. The first-order valence-corrected chi connectivity index (χ1v) is 6.65. The zero-order chi connectivity index (χ0) is 15.0. The van der Waals surface area contributed by atoms with Gasteiger partial charge in [0.15, 0.2) is 0 Å². The molecule has 0 spiro atoms. The van der Waals surface area contributed by atoms with Gasteiger partial charge in [-0.1, -0.05) is 12.8 Å². The molecule has 0 bridgehead atoms. The number of aliphatic hydroxyl groups is 1. The van der Waals surface area contributed by atoms with Crippen LogP contribution in [0.25, 0.3) is 0 Å². The molecule has 1 aliphatic carbocycles. The Kier molecular flexibility index (Phi) is 3.95. The van der Waals surface area contributed by atoms with Gasteiger partial charge in [0.05, 0.1) is 12.5 Å². The molecule has 1 N–H and O–H groups in total. The van der Waals surface area contributed by atoms with Crippen molar-refractivity contribution in [1.82, 2.24) is 5.01 Å². The van der Waals surface area contributed by atoms with Crippen LogP contribution in [0.2, 0.25) is 0 Å². The van der Waals surface area contributed by atoms with E-state index in [0.717, 1.165) is 6.42 Å². The first-order valence-electron chi connectivity index (χ1n) is 6.65. The number of carbonyl (C=O) groups excluding carboxylic acids is 1. The minimum absolute atomic E-state index is 0.0713. The van der Waals surface area contributed by atoms with E-state index in [-0.39, 0.29) is 23.7 Å². The Hall–Kier alpha value is -1.31. The molecule has 0 aromatic carbocycles. The fraction of sp³-hybridized carbons (Fsp3) is 0.833. The van der Waals surface area contributed by atoms with Gasteiger partial charge in [-0.05, 0) is 26.2 Å².